The predicted molar refractivity (Wildman–Crippen MR) is 95.9 cm³/mol. The zero-order valence-electron chi connectivity index (χ0n) is 13.7. The van der Waals surface area contributed by atoms with Crippen molar-refractivity contribution in [2.75, 3.05) is 36.5 Å². The van der Waals surface area contributed by atoms with Crippen molar-refractivity contribution in [1.82, 2.24) is 4.98 Å². The number of carbonyl (C=O) groups is 1. The Morgan fingerprint density at radius 3 is 2.64 bits per heavy atom. The van der Waals surface area contributed by atoms with E-state index in [2.05, 4.69) is 15.2 Å². The molecule has 6 nitrogen and oxygen atoms in total. The van der Waals surface area contributed by atoms with Gasteiger partial charge >= 0.3 is 0 Å². The van der Waals surface area contributed by atoms with Crippen molar-refractivity contribution in [2.24, 2.45) is 0 Å². The van der Waals surface area contributed by atoms with Crippen LogP contribution in [-0.2, 0) is 9.53 Å². The molecule has 2 heterocycles. The largest absolute Gasteiger partial charge is 0.378 e. The first-order valence-corrected chi connectivity index (χ1v) is 8.02. The first-order chi connectivity index (χ1) is 12.3. The van der Waals surface area contributed by atoms with Gasteiger partial charge in [0.1, 0.15) is 11.6 Å². The van der Waals surface area contributed by atoms with Crippen molar-refractivity contribution >= 4 is 23.4 Å². The maximum absolute atomic E-state index is 12.3. The quantitative estimate of drug-likeness (QED) is 0.686. The minimum atomic E-state index is -0.439. The van der Waals surface area contributed by atoms with Gasteiger partial charge in [-0.1, -0.05) is 6.07 Å². The average Bonchev–Trinajstić information content (AvgIpc) is 2.68. The molecule has 6 heteroatoms. The lowest BCUT2D eigenvalue weighted by Crippen LogP contribution is -2.36. The van der Waals surface area contributed by atoms with E-state index in [0.717, 1.165) is 32.0 Å². The number of benzene rings is 1. The highest BCUT2D eigenvalue weighted by Gasteiger charge is 2.12. The monoisotopic (exact) mass is 334 g/mol. The highest BCUT2D eigenvalue weighted by atomic mass is 16.5. The molecule has 1 saturated heterocycles. The number of morpholine rings is 1. The maximum atomic E-state index is 12.3. The van der Waals surface area contributed by atoms with Gasteiger partial charge < -0.3 is 15.0 Å². The zero-order chi connectivity index (χ0) is 17.5. The standard InChI is InChI=1S/C19H18N4O2/c20-13-16(12-15-2-1-7-21-14-15)19(24)22-17-3-5-18(6-4-17)23-8-10-25-11-9-23/h1-7,12,14H,8-11H2,(H,22,24)/b16-12+. The van der Waals surface area contributed by atoms with E-state index in [0.29, 0.717) is 11.3 Å². The number of nitriles is 1. The van der Waals surface area contributed by atoms with Crippen LogP contribution in [0.3, 0.4) is 0 Å². The SMILES string of the molecule is N#C/C(=C\c1cccnc1)C(=O)Nc1ccc(N2CCOCC2)cc1. The minimum Gasteiger partial charge on any atom is -0.378 e. The van der Waals surface area contributed by atoms with Gasteiger partial charge in [0.15, 0.2) is 0 Å². The summed E-state index contributed by atoms with van der Waals surface area (Å²) in [5, 5.41) is 12.0. The Morgan fingerprint density at radius 2 is 2.00 bits per heavy atom. The van der Waals surface area contributed by atoms with Crippen LogP contribution in [0.1, 0.15) is 5.56 Å². The van der Waals surface area contributed by atoms with Crippen molar-refractivity contribution in [3.05, 3.63) is 59.9 Å². The molecule has 1 fully saturated rings. The van der Waals surface area contributed by atoms with Crippen LogP contribution in [0.4, 0.5) is 11.4 Å². The number of rotatable bonds is 4. The second-order valence-electron chi connectivity index (χ2n) is 5.56. The lowest BCUT2D eigenvalue weighted by atomic mass is 10.1. The first-order valence-electron chi connectivity index (χ1n) is 8.02. The summed E-state index contributed by atoms with van der Waals surface area (Å²) in [5.74, 6) is -0.439. The van der Waals surface area contributed by atoms with Gasteiger partial charge in [-0.05, 0) is 42.0 Å². The van der Waals surface area contributed by atoms with Crippen molar-refractivity contribution in [3.63, 3.8) is 0 Å². The number of anilines is 2. The molecule has 0 unspecified atom stereocenters. The van der Waals surface area contributed by atoms with Gasteiger partial charge in [0.2, 0.25) is 0 Å². The molecule has 1 amide bonds. The van der Waals surface area contributed by atoms with E-state index in [4.69, 9.17) is 4.74 Å². The smallest absolute Gasteiger partial charge is 0.266 e. The maximum Gasteiger partial charge on any atom is 0.266 e. The van der Waals surface area contributed by atoms with Gasteiger partial charge in [0.25, 0.3) is 5.91 Å². The van der Waals surface area contributed by atoms with Crippen LogP contribution in [0.5, 0.6) is 0 Å². The molecule has 0 saturated carbocycles. The number of ether oxygens (including phenoxy) is 1. The summed E-state index contributed by atoms with van der Waals surface area (Å²) < 4.78 is 5.35. The molecule has 1 aromatic heterocycles. The summed E-state index contributed by atoms with van der Waals surface area (Å²) in [5.41, 5.74) is 2.48. The van der Waals surface area contributed by atoms with Crippen LogP contribution in [0.2, 0.25) is 0 Å². The first kappa shape index (κ1) is 16.7. The normalized spacial score (nSPS) is 14.7. The van der Waals surface area contributed by atoms with E-state index in [1.807, 2.05) is 30.3 Å². The number of hydrogen-bond donors (Lipinski definition) is 1. The second-order valence-corrected chi connectivity index (χ2v) is 5.56. The summed E-state index contributed by atoms with van der Waals surface area (Å²) in [6.07, 6.45) is 4.76. The van der Waals surface area contributed by atoms with Gasteiger partial charge in [0, 0.05) is 36.9 Å². The van der Waals surface area contributed by atoms with Crippen LogP contribution < -0.4 is 10.2 Å². The second kappa shape index (κ2) is 8.08. The fraction of sp³-hybridized carbons (Fsp3) is 0.211. The molecule has 0 atom stereocenters. The molecule has 1 N–H and O–H groups in total. The minimum absolute atomic E-state index is 0.0326. The van der Waals surface area contributed by atoms with Gasteiger partial charge in [-0.25, -0.2) is 0 Å². The van der Waals surface area contributed by atoms with E-state index in [1.165, 1.54) is 6.08 Å². The van der Waals surface area contributed by atoms with E-state index >= 15 is 0 Å². The van der Waals surface area contributed by atoms with Gasteiger partial charge in [-0.15, -0.1) is 0 Å². The van der Waals surface area contributed by atoms with E-state index in [-0.39, 0.29) is 5.57 Å². The van der Waals surface area contributed by atoms with Crippen molar-refractivity contribution in [1.29, 1.82) is 5.26 Å². The molecule has 0 spiro atoms. The summed E-state index contributed by atoms with van der Waals surface area (Å²) in [6, 6.07) is 13.1. The van der Waals surface area contributed by atoms with Crippen molar-refractivity contribution in [3.8, 4) is 6.07 Å². The Kier molecular flexibility index (Phi) is 5.39. The lowest BCUT2D eigenvalue weighted by molar-refractivity contribution is -0.112. The van der Waals surface area contributed by atoms with Crippen molar-refractivity contribution in [2.45, 2.75) is 0 Å². The predicted octanol–water partition coefficient (Wildman–Crippen LogP) is 2.46. The molecule has 1 aliphatic heterocycles. The molecule has 0 radical (unpaired) electrons. The van der Waals surface area contributed by atoms with Gasteiger partial charge in [0.05, 0.1) is 13.2 Å². The number of nitrogens with one attached hydrogen (secondary N) is 1. The number of aromatic nitrogens is 1. The number of amides is 1. The van der Waals surface area contributed by atoms with Gasteiger partial charge in [-0.2, -0.15) is 5.26 Å². The average molecular weight is 334 g/mol. The number of hydrogen-bond acceptors (Lipinski definition) is 5. The molecule has 3 rings (SSSR count). The van der Waals surface area contributed by atoms with E-state index in [9.17, 15) is 10.1 Å². The van der Waals surface area contributed by atoms with Crippen molar-refractivity contribution < 1.29 is 9.53 Å². The fourth-order valence-electron chi connectivity index (χ4n) is 2.55. The molecular formula is C19H18N4O2. The van der Waals surface area contributed by atoms with Crippen LogP contribution >= 0.6 is 0 Å². The summed E-state index contributed by atoms with van der Waals surface area (Å²) in [4.78, 5) is 18.5. The number of pyridine rings is 1. The summed E-state index contributed by atoms with van der Waals surface area (Å²) >= 11 is 0. The van der Waals surface area contributed by atoms with Gasteiger partial charge in [-0.3, -0.25) is 9.78 Å². The molecule has 126 valence electrons. The third-order valence-electron chi connectivity index (χ3n) is 3.86. The van der Waals surface area contributed by atoms with Crippen LogP contribution in [0, 0.1) is 11.3 Å². The summed E-state index contributed by atoms with van der Waals surface area (Å²) in [6.45, 7) is 3.17. The third-order valence-corrected chi connectivity index (χ3v) is 3.86. The number of carbonyl (C=O) groups excluding carboxylic acids is 1. The van der Waals surface area contributed by atoms with E-state index < -0.39 is 5.91 Å². The molecule has 0 aliphatic carbocycles. The fourth-order valence-corrected chi connectivity index (χ4v) is 2.55. The highest BCUT2D eigenvalue weighted by Crippen LogP contribution is 2.19. The Balaban J connectivity index is 1.67. The Morgan fingerprint density at radius 1 is 1.24 bits per heavy atom. The lowest BCUT2D eigenvalue weighted by Gasteiger charge is -2.28. The molecule has 0 bridgehead atoms. The molecule has 2 aromatic rings. The molecular weight excluding hydrogens is 316 g/mol. The highest BCUT2D eigenvalue weighted by molar-refractivity contribution is 6.09. The topological polar surface area (TPSA) is 78.2 Å². The van der Waals surface area contributed by atoms with Crippen LogP contribution in [0.25, 0.3) is 6.08 Å². The van der Waals surface area contributed by atoms with E-state index in [1.54, 1.807) is 24.5 Å². The zero-order valence-corrected chi connectivity index (χ0v) is 13.7. The molecule has 25 heavy (non-hydrogen) atoms. The Labute approximate surface area is 146 Å². The third kappa shape index (κ3) is 4.43. The number of nitrogens with zero attached hydrogens (tertiary/aromatic N) is 3. The molecule has 1 aromatic carbocycles. The van der Waals surface area contributed by atoms with Crippen LogP contribution in [-0.4, -0.2) is 37.2 Å². The van der Waals surface area contributed by atoms with Crippen LogP contribution in [0.15, 0.2) is 54.4 Å². The Hall–Kier alpha value is -3.17. The molecule has 1 aliphatic rings. The Bertz CT molecular complexity index is 788. The summed E-state index contributed by atoms with van der Waals surface area (Å²) in [7, 11) is 0.